The maximum Gasteiger partial charge on any atom is 0.243 e. The van der Waals surface area contributed by atoms with Crippen molar-refractivity contribution in [1.82, 2.24) is 19.4 Å². The number of piperidine rings is 1. The summed E-state index contributed by atoms with van der Waals surface area (Å²) in [6.45, 7) is 13.1. The lowest BCUT2D eigenvalue weighted by Crippen LogP contribution is -2.48. The Morgan fingerprint density at radius 2 is 1.73 bits per heavy atom. The number of carbonyl (C=O) groups is 1. The number of piperazine rings is 1. The smallest absolute Gasteiger partial charge is 0.243 e. The molecule has 1 aromatic rings. The SMILES string of the molecule is CCOc1ccc(S(=O)(=O)N(CCC(=O)N2CCNCC2)CCN2C[C@@H](C)C[C@H](C)C2)cc1. The van der Waals surface area contributed by atoms with Crippen molar-refractivity contribution in [3.8, 4) is 5.75 Å². The van der Waals surface area contributed by atoms with Gasteiger partial charge in [0.15, 0.2) is 0 Å². The van der Waals surface area contributed by atoms with Crippen LogP contribution in [0.25, 0.3) is 0 Å². The number of rotatable bonds is 10. The van der Waals surface area contributed by atoms with Gasteiger partial charge >= 0.3 is 0 Å². The molecule has 0 radical (unpaired) electrons. The highest BCUT2D eigenvalue weighted by Crippen LogP contribution is 2.23. The van der Waals surface area contributed by atoms with E-state index in [1.54, 1.807) is 24.3 Å². The summed E-state index contributed by atoms with van der Waals surface area (Å²) in [4.78, 5) is 17.1. The molecule has 33 heavy (non-hydrogen) atoms. The standard InChI is InChI=1S/C24H40N4O4S/c1-4-32-22-5-7-23(8-6-22)33(30,31)28(12-9-24(29)27-13-10-25-11-14-27)16-15-26-18-20(2)17-21(3)19-26/h5-8,20-21,25H,4,9-19H2,1-3H3/t20-,21-/m0/s1. The van der Waals surface area contributed by atoms with Gasteiger partial charge in [0.1, 0.15) is 5.75 Å². The highest BCUT2D eigenvalue weighted by atomic mass is 32.2. The van der Waals surface area contributed by atoms with Crippen LogP contribution in [0.5, 0.6) is 5.75 Å². The number of hydrogen-bond donors (Lipinski definition) is 1. The van der Waals surface area contributed by atoms with Gasteiger partial charge in [0, 0.05) is 65.3 Å². The first kappa shape index (κ1) is 25.9. The van der Waals surface area contributed by atoms with E-state index in [0.717, 1.165) is 26.2 Å². The summed E-state index contributed by atoms with van der Waals surface area (Å²) in [6.07, 6.45) is 1.41. The first-order valence-corrected chi connectivity index (χ1v) is 13.7. The Morgan fingerprint density at radius 1 is 1.09 bits per heavy atom. The summed E-state index contributed by atoms with van der Waals surface area (Å²) in [7, 11) is -3.72. The molecule has 2 saturated heterocycles. The van der Waals surface area contributed by atoms with Crippen molar-refractivity contribution < 1.29 is 17.9 Å². The molecule has 1 aromatic carbocycles. The third-order valence-corrected chi connectivity index (χ3v) is 8.34. The molecule has 0 unspecified atom stereocenters. The van der Waals surface area contributed by atoms with Crippen LogP contribution in [-0.4, -0.2) is 93.9 Å². The molecular formula is C24H40N4O4S. The minimum Gasteiger partial charge on any atom is -0.494 e. The van der Waals surface area contributed by atoms with Crippen LogP contribution in [0.2, 0.25) is 0 Å². The highest BCUT2D eigenvalue weighted by Gasteiger charge is 2.28. The number of nitrogens with zero attached hydrogens (tertiary/aromatic N) is 3. The molecule has 1 amide bonds. The van der Waals surface area contributed by atoms with Crippen LogP contribution >= 0.6 is 0 Å². The van der Waals surface area contributed by atoms with Crippen LogP contribution in [0.15, 0.2) is 29.2 Å². The van der Waals surface area contributed by atoms with E-state index in [0.29, 0.717) is 50.4 Å². The van der Waals surface area contributed by atoms with Gasteiger partial charge in [-0.15, -0.1) is 0 Å². The molecule has 0 bridgehead atoms. The average Bonchev–Trinajstić information content (AvgIpc) is 2.79. The van der Waals surface area contributed by atoms with E-state index < -0.39 is 10.0 Å². The van der Waals surface area contributed by atoms with E-state index in [1.165, 1.54) is 10.7 Å². The number of sulfonamides is 1. The molecule has 2 aliphatic rings. The molecule has 0 aliphatic carbocycles. The third kappa shape index (κ3) is 7.40. The third-order valence-electron chi connectivity index (χ3n) is 6.43. The van der Waals surface area contributed by atoms with E-state index in [4.69, 9.17) is 4.74 Å². The molecule has 3 rings (SSSR count). The lowest BCUT2D eigenvalue weighted by Gasteiger charge is -2.36. The second-order valence-corrected chi connectivity index (χ2v) is 11.3. The Balaban J connectivity index is 1.70. The fourth-order valence-corrected chi connectivity index (χ4v) is 6.33. The second-order valence-electron chi connectivity index (χ2n) is 9.39. The van der Waals surface area contributed by atoms with Crippen molar-refractivity contribution >= 4 is 15.9 Å². The highest BCUT2D eigenvalue weighted by molar-refractivity contribution is 7.89. The lowest BCUT2D eigenvalue weighted by atomic mass is 9.92. The van der Waals surface area contributed by atoms with Gasteiger partial charge in [0.2, 0.25) is 15.9 Å². The summed E-state index contributed by atoms with van der Waals surface area (Å²) in [5.41, 5.74) is 0. The Bertz CT molecular complexity index is 846. The fourth-order valence-electron chi connectivity index (χ4n) is 4.90. The maximum atomic E-state index is 13.5. The largest absolute Gasteiger partial charge is 0.494 e. The number of likely N-dealkylation sites (tertiary alicyclic amines) is 1. The van der Waals surface area contributed by atoms with Crippen molar-refractivity contribution in [2.24, 2.45) is 11.8 Å². The minimum absolute atomic E-state index is 0.0172. The number of hydrogen-bond acceptors (Lipinski definition) is 6. The first-order valence-electron chi connectivity index (χ1n) is 12.2. The fraction of sp³-hybridized carbons (Fsp3) is 0.708. The van der Waals surface area contributed by atoms with Crippen molar-refractivity contribution in [3.63, 3.8) is 0 Å². The first-order chi connectivity index (χ1) is 15.8. The maximum absolute atomic E-state index is 13.5. The molecule has 0 spiro atoms. The number of amides is 1. The Hall–Kier alpha value is -1.68. The molecule has 186 valence electrons. The number of benzene rings is 1. The molecule has 8 nitrogen and oxygen atoms in total. The van der Waals surface area contributed by atoms with Crippen LogP contribution in [-0.2, 0) is 14.8 Å². The summed E-state index contributed by atoms with van der Waals surface area (Å²) >= 11 is 0. The molecule has 2 atom stereocenters. The number of nitrogens with one attached hydrogen (secondary N) is 1. The van der Waals surface area contributed by atoms with E-state index >= 15 is 0 Å². The summed E-state index contributed by atoms with van der Waals surface area (Å²) in [5, 5.41) is 3.24. The van der Waals surface area contributed by atoms with Gasteiger partial charge in [-0.1, -0.05) is 13.8 Å². The molecule has 0 aromatic heterocycles. The van der Waals surface area contributed by atoms with Crippen molar-refractivity contribution in [2.45, 2.75) is 38.5 Å². The van der Waals surface area contributed by atoms with Crippen LogP contribution in [0.4, 0.5) is 0 Å². The van der Waals surface area contributed by atoms with E-state index in [-0.39, 0.29) is 23.8 Å². The van der Waals surface area contributed by atoms with Gasteiger partial charge in [-0.2, -0.15) is 4.31 Å². The molecule has 0 saturated carbocycles. The normalized spacial score (nSPS) is 22.5. The zero-order chi connectivity index (χ0) is 23.8. The van der Waals surface area contributed by atoms with Crippen LogP contribution in [0.1, 0.15) is 33.6 Å². The van der Waals surface area contributed by atoms with Crippen LogP contribution in [0.3, 0.4) is 0 Å². The van der Waals surface area contributed by atoms with Crippen molar-refractivity contribution in [1.29, 1.82) is 0 Å². The van der Waals surface area contributed by atoms with Crippen molar-refractivity contribution in [3.05, 3.63) is 24.3 Å². The topological polar surface area (TPSA) is 82.2 Å². The van der Waals surface area contributed by atoms with Gasteiger partial charge < -0.3 is 19.9 Å². The lowest BCUT2D eigenvalue weighted by molar-refractivity contribution is -0.131. The molecule has 2 heterocycles. The minimum atomic E-state index is -3.72. The molecule has 2 aliphatic heterocycles. The Labute approximate surface area is 199 Å². The monoisotopic (exact) mass is 480 g/mol. The Kier molecular flexibility index (Phi) is 9.55. The van der Waals surface area contributed by atoms with Crippen LogP contribution < -0.4 is 10.1 Å². The predicted octanol–water partition coefficient (Wildman–Crippen LogP) is 1.88. The van der Waals surface area contributed by atoms with Crippen LogP contribution in [0, 0.1) is 11.8 Å². The summed E-state index contributed by atoms with van der Waals surface area (Å²) in [6, 6.07) is 6.57. The van der Waals surface area contributed by atoms with Gasteiger partial charge in [-0.05, 0) is 49.4 Å². The predicted molar refractivity (Wildman–Crippen MR) is 130 cm³/mol. The van der Waals surface area contributed by atoms with Gasteiger partial charge in [0.25, 0.3) is 0 Å². The molecular weight excluding hydrogens is 440 g/mol. The summed E-state index contributed by atoms with van der Waals surface area (Å²) in [5.74, 6) is 1.88. The molecule has 9 heteroatoms. The van der Waals surface area contributed by atoms with E-state index in [2.05, 4.69) is 24.1 Å². The molecule has 2 fully saturated rings. The van der Waals surface area contributed by atoms with Gasteiger partial charge in [-0.3, -0.25) is 4.79 Å². The average molecular weight is 481 g/mol. The quantitative estimate of drug-likeness (QED) is 0.551. The summed E-state index contributed by atoms with van der Waals surface area (Å²) < 4.78 is 34.0. The number of ether oxygens (including phenoxy) is 1. The number of carbonyl (C=O) groups excluding carboxylic acids is 1. The Morgan fingerprint density at radius 3 is 2.33 bits per heavy atom. The van der Waals surface area contributed by atoms with Gasteiger partial charge in [-0.25, -0.2) is 8.42 Å². The second kappa shape index (κ2) is 12.1. The van der Waals surface area contributed by atoms with E-state index in [9.17, 15) is 13.2 Å². The van der Waals surface area contributed by atoms with E-state index in [1.807, 2.05) is 11.8 Å². The van der Waals surface area contributed by atoms with Crippen molar-refractivity contribution in [2.75, 3.05) is 65.5 Å². The molecule has 1 N–H and O–H groups in total. The van der Waals surface area contributed by atoms with Gasteiger partial charge in [0.05, 0.1) is 11.5 Å². The zero-order valence-corrected chi connectivity index (χ0v) is 21.1. The zero-order valence-electron chi connectivity index (χ0n) is 20.3.